The van der Waals surface area contributed by atoms with Crippen molar-refractivity contribution < 1.29 is 54.1 Å². The SMILES string of the molecule is N[C@@]1(C=O)OS(=O)(=O)OS(=O)(=O)OC(O)C(O)[C@@H](O)[C@@H]1O. The quantitative estimate of drug-likeness (QED) is 0.278. The van der Waals surface area contributed by atoms with Crippen molar-refractivity contribution in [3.63, 3.8) is 0 Å². The molecule has 6 N–H and O–H groups in total. The highest BCUT2D eigenvalue weighted by Crippen LogP contribution is 2.22. The van der Waals surface area contributed by atoms with Crippen molar-refractivity contribution in [3.05, 3.63) is 0 Å². The number of rotatable bonds is 1. The minimum Gasteiger partial charge on any atom is -0.387 e. The summed E-state index contributed by atoms with van der Waals surface area (Å²) in [6.07, 6.45) is -10.8. The van der Waals surface area contributed by atoms with Crippen LogP contribution in [0.15, 0.2) is 0 Å². The molecule has 0 spiro atoms. The molecule has 1 aliphatic heterocycles. The van der Waals surface area contributed by atoms with Crippen molar-refractivity contribution in [2.45, 2.75) is 30.3 Å². The van der Waals surface area contributed by atoms with Gasteiger partial charge in [-0.3, -0.25) is 10.5 Å². The highest BCUT2D eigenvalue weighted by molar-refractivity contribution is 7.95. The molecule has 2 unspecified atom stereocenters. The van der Waals surface area contributed by atoms with Crippen molar-refractivity contribution in [2.75, 3.05) is 0 Å². The molecular formula is C6H11NO12S2. The second kappa shape index (κ2) is 5.80. The van der Waals surface area contributed by atoms with E-state index >= 15 is 0 Å². The summed E-state index contributed by atoms with van der Waals surface area (Å²) in [6, 6.07) is 0. The van der Waals surface area contributed by atoms with Crippen LogP contribution in [0.3, 0.4) is 0 Å². The molecule has 0 aromatic carbocycles. The second-order valence-electron chi connectivity index (χ2n) is 3.85. The molecule has 0 aromatic heterocycles. The number of nitrogens with two attached hydrogens (primary N) is 1. The minimum atomic E-state index is -5.54. The van der Waals surface area contributed by atoms with Gasteiger partial charge >= 0.3 is 20.8 Å². The average molecular weight is 353 g/mol. The predicted octanol–water partition coefficient (Wildman–Crippen LogP) is -5.21. The molecule has 0 aromatic rings. The zero-order valence-electron chi connectivity index (χ0n) is 9.84. The second-order valence-corrected chi connectivity index (χ2v) is 6.39. The predicted molar refractivity (Wildman–Crippen MR) is 58.1 cm³/mol. The van der Waals surface area contributed by atoms with Gasteiger partial charge in [-0.05, 0) is 0 Å². The molecule has 1 aliphatic rings. The molecule has 0 amide bonds. The lowest BCUT2D eigenvalue weighted by atomic mass is 9.99. The van der Waals surface area contributed by atoms with Crippen LogP contribution < -0.4 is 5.73 Å². The fraction of sp³-hybridized carbons (Fsp3) is 0.833. The molecule has 0 bridgehead atoms. The Morgan fingerprint density at radius 2 is 1.52 bits per heavy atom. The summed E-state index contributed by atoms with van der Waals surface area (Å²) in [6.45, 7) is 0. The molecular weight excluding hydrogens is 342 g/mol. The molecule has 0 saturated carbocycles. The van der Waals surface area contributed by atoms with Gasteiger partial charge in [-0.15, -0.1) is 3.63 Å². The Hall–Kier alpha value is -0.750. The van der Waals surface area contributed by atoms with Gasteiger partial charge in [-0.1, -0.05) is 0 Å². The topological polar surface area (TPSA) is 220 Å². The third kappa shape index (κ3) is 4.13. The normalized spacial score (nSPS) is 43.9. The number of aldehydes is 1. The van der Waals surface area contributed by atoms with Gasteiger partial charge < -0.3 is 20.4 Å². The summed E-state index contributed by atoms with van der Waals surface area (Å²) in [5.41, 5.74) is 1.86. The van der Waals surface area contributed by atoms with E-state index in [1.165, 1.54) is 0 Å². The molecule has 1 saturated heterocycles. The molecule has 21 heavy (non-hydrogen) atoms. The van der Waals surface area contributed by atoms with Gasteiger partial charge in [-0.2, -0.15) is 16.8 Å². The molecule has 1 rings (SSSR count). The largest absolute Gasteiger partial charge is 0.418 e. The van der Waals surface area contributed by atoms with Crippen LogP contribution in [-0.2, 0) is 37.6 Å². The summed E-state index contributed by atoms with van der Waals surface area (Å²) in [7, 11) is -11.0. The lowest BCUT2D eigenvalue weighted by Crippen LogP contribution is -2.64. The summed E-state index contributed by atoms with van der Waals surface area (Å²) in [5.74, 6) is 0. The maximum atomic E-state index is 11.2. The highest BCUT2D eigenvalue weighted by Gasteiger charge is 2.50. The van der Waals surface area contributed by atoms with E-state index in [9.17, 15) is 36.9 Å². The van der Waals surface area contributed by atoms with E-state index in [-0.39, 0.29) is 0 Å². The molecule has 1 fully saturated rings. The van der Waals surface area contributed by atoms with Crippen LogP contribution in [0, 0.1) is 0 Å². The van der Waals surface area contributed by atoms with E-state index in [1.807, 2.05) is 0 Å². The van der Waals surface area contributed by atoms with Gasteiger partial charge in [0.15, 0.2) is 6.29 Å². The molecule has 0 radical (unpaired) electrons. The van der Waals surface area contributed by atoms with Gasteiger partial charge in [0, 0.05) is 0 Å². The van der Waals surface area contributed by atoms with Crippen LogP contribution in [0.5, 0.6) is 0 Å². The van der Waals surface area contributed by atoms with Crippen LogP contribution in [0.25, 0.3) is 0 Å². The van der Waals surface area contributed by atoms with Crippen LogP contribution >= 0.6 is 0 Å². The smallest absolute Gasteiger partial charge is 0.387 e. The molecule has 1 heterocycles. The van der Waals surface area contributed by atoms with Gasteiger partial charge in [0.2, 0.25) is 12.0 Å². The molecule has 13 nitrogen and oxygen atoms in total. The monoisotopic (exact) mass is 353 g/mol. The number of hydrogen-bond donors (Lipinski definition) is 5. The van der Waals surface area contributed by atoms with E-state index in [1.54, 1.807) is 0 Å². The lowest BCUT2D eigenvalue weighted by molar-refractivity contribution is -0.193. The van der Waals surface area contributed by atoms with E-state index in [4.69, 9.17) is 10.8 Å². The molecule has 5 atom stereocenters. The summed E-state index contributed by atoms with van der Waals surface area (Å²) >= 11 is 0. The fourth-order valence-electron chi connectivity index (χ4n) is 1.25. The van der Waals surface area contributed by atoms with Crippen molar-refractivity contribution in [1.29, 1.82) is 0 Å². The molecule has 124 valence electrons. The number of aliphatic hydroxyl groups excluding tert-OH is 4. The number of aliphatic hydroxyl groups is 4. The third-order valence-electron chi connectivity index (χ3n) is 2.24. The van der Waals surface area contributed by atoms with Crippen LogP contribution in [0.1, 0.15) is 0 Å². The maximum Gasteiger partial charge on any atom is 0.418 e. The first-order chi connectivity index (χ1) is 9.33. The van der Waals surface area contributed by atoms with Crippen molar-refractivity contribution in [1.82, 2.24) is 0 Å². The van der Waals surface area contributed by atoms with E-state index in [0.717, 1.165) is 0 Å². The standard InChI is InChI=1S/C6H11NO12S2/c7-6(1-8)4(11)2(9)3(10)5(12)17-20(13,14)19-21(15,16)18-6/h1-5,9-12H,7H2/t2-,3?,4+,5?,6+/m1/s1. The molecule has 0 aliphatic carbocycles. The first-order valence-corrected chi connectivity index (χ1v) is 7.57. The minimum absolute atomic E-state index is 0.490. The number of carbonyl (C=O) groups is 1. The summed E-state index contributed by atoms with van der Waals surface area (Å²) in [5, 5.41) is 37.5. The summed E-state index contributed by atoms with van der Waals surface area (Å²) < 4.78 is 55.6. The maximum absolute atomic E-state index is 11.2. The van der Waals surface area contributed by atoms with Crippen LogP contribution in [0.4, 0.5) is 0 Å². The first-order valence-electron chi connectivity index (χ1n) is 4.91. The zero-order valence-corrected chi connectivity index (χ0v) is 11.5. The van der Waals surface area contributed by atoms with Crippen molar-refractivity contribution in [2.24, 2.45) is 5.73 Å². The number of carbonyl (C=O) groups excluding carboxylic acids is 1. The Bertz CT molecular complexity index is 599. The molecule has 15 heteroatoms. The van der Waals surface area contributed by atoms with Gasteiger partial charge in [0.05, 0.1) is 0 Å². The number of hydrogen-bond acceptors (Lipinski definition) is 13. The third-order valence-corrected chi connectivity index (χ3v) is 4.50. The van der Waals surface area contributed by atoms with E-state index < -0.39 is 57.4 Å². The Balaban J connectivity index is 3.38. The highest BCUT2D eigenvalue weighted by atomic mass is 32.3. The fourth-order valence-corrected chi connectivity index (χ4v) is 3.15. The van der Waals surface area contributed by atoms with Crippen molar-refractivity contribution in [3.8, 4) is 0 Å². The van der Waals surface area contributed by atoms with E-state index in [0.29, 0.717) is 0 Å². The first kappa shape index (κ1) is 18.3. The Morgan fingerprint density at radius 3 is 2.00 bits per heavy atom. The lowest BCUT2D eigenvalue weighted by Gasteiger charge is -2.34. The zero-order chi connectivity index (χ0) is 16.6. The Kier molecular flexibility index (Phi) is 5.05. The Morgan fingerprint density at radius 1 is 1.00 bits per heavy atom. The van der Waals surface area contributed by atoms with E-state index in [2.05, 4.69) is 12.0 Å². The summed E-state index contributed by atoms with van der Waals surface area (Å²) in [4.78, 5) is 10.8. The van der Waals surface area contributed by atoms with Gasteiger partial charge in [0.25, 0.3) is 0 Å². The van der Waals surface area contributed by atoms with Crippen molar-refractivity contribution >= 4 is 27.1 Å². The Labute approximate surface area is 118 Å². The van der Waals surface area contributed by atoms with Gasteiger partial charge in [0.1, 0.15) is 18.3 Å². The van der Waals surface area contributed by atoms with Crippen LogP contribution in [0.2, 0.25) is 0 Å². The van der Waals surface area contributed by atoms with Crippen LogP contribution in [-0.4, -0.2) is 73.9 Å². The average Bonchev–Trinajstić information content (AvgIpc) is 2.31. The van der Waals surface area contributed by atoms with Gasteiger partial charge in [-0.25, -0.2) is 8.37 Å².